The van der Waals surface area contributed by atoms with Crippen LogP contribution >= 0.6 is 34.8 Å². The molecular formula is C16H13Cl3N4O2. The van der Waals surface area contributed by atoms with E-state index in [9.17, 15) is 9.59 Å². The van der Waals surface area contributed by atoms with E-state index >= 15 is 0 Å². The molecule has 1 heterocycles. The van der Waals surface area contributed by atoms with Gasteiger partial charge in [0, 0.05) is 27.6 Å². The van der Waals surface area contributed by atoms with Gasteiger partial charge < -0.3 is 0 Å². The van der Waals surface area contributed by atoms with Gasteiger partial charge in [0.2, 0.25) is 0 Å². The molecule has 25 heavy (non-hydrogen) atoms. The van der Waals surface area contributed by atoms with Crippen LogP contribution in [0.2, 0.25) is 10.0 Å². The number of allylic oxidation sites excluding steroid dienone is 2. The van der Waals surface area contributed by atoms with E-state index in [0.717, 1.165) is 6.42 Å². The maximum absolute atomic E-state index is 12.9. The number of Topliss-reactive ketones (excluding diaryl/α,β-unsaturated/α-hetero) is 2. The van der Waals surface area contributed by atoms with Crippen LogP contribution < -0.4 is 0 Å². The summed E-state index contributed by atoms with van der Waals surface area (Å²) in [4.78, 5) is 26.5. The van der Waals surface area contributed by atoms with Crippen molar-refractivity contribution in [2.45, 2.75) is 32.2 Å². The van der Waals surface area contributed by atoms with Crippen LogP contribution in [0.1, 0.15) is 41.6 Å². The van der Waals surface area contributed by atoms with Crippen molar-refractivity contribution >= 4 is 46.4 Å². The zero-order valence-electron chi connectivity index (χ0n) is 13.0. The summed E-state index contributed by atoms with van der Waals surface area (Å²) in [6, 6.07) is 3.06. The maximum atomic E-state index is 12.9. The van der Waals surface area contributed by atoms with Crippen LogP contribution in [-0.2, 0) is 11.3 Å². The van der Waals surface area contributed by atoms with E-state index in [1.807, 2.05) is 0 Å². The Morgan fingerprint density at radius 3 is 2.64 bits per heavy atom. The van der Waals surface area contributed by atoms with Crippen LogP contribution in [0.5, 0.6) is 0 Å². The van der Waals surface area contributed by atoms with Crippen molar-refractivity contribution in [1.82, 2.24) is 20.2 Å². The Morgan fingerprint density at radius 1 is 1.16 bits per heavy atom. The minimum absolute atomic E-state index is 0.0215. The molecule has 0 amide bonds. The van der Waals surface area contributed by atoms with Crippen molar-refractivity contribution < 1.29 is 9.59 Å². The summed E-state index contributed by atoms with van der Waals surface area (Å²) < 4.78 is 0. The lowest BCUT2D eigenvalue weighted by atomic mass is 9.97. The molecule has 9 heteroatoms. The summed E-state index contributed by atoms with van der Waals surface area (Å²) in [5.74, 6) is -0.732. The second-order valence-electron chi connectivity index (χ2n) is 5.59. The molecule has 0 radical (unpaired) electrons. The van der Waals surface area contributed by atoms with Crippen molar-refractivity contribution in [3.8, 4) is 0 Å². The van der Waals surface area contributed by atoms with E-state index in [1.54, 1.807) is 6.07 Å². The molecule has 1 aliphatic rings. The third-order valence-electron chi connectivity index (χ3n) is 3.95. The number of carbonyl (C=O) groups excluding carboxylic acids is 2. The Bertz CT molecular complexity index is 863. The molecule has 0 spiro atoms. The number of hydrogen-bond acceptors (Lipinski definition) is 5. The van der Waals surface area contributed by atoms with Crippen molar-refractivity contribution in [1.29, 1.82) is 0 Å². The Kier molecular flexibility index (Phi) is 5.51. The maximum Gasteiger partial charge on any atom is 0.199 e. The smallest absolute Gasteiger partial charge is 0.199 e. The molecule has 0 fully saturated rings. The van der Waals surface area contributed by atoms with E-state index in [1.165, 1.54) is 17.2 Å². The molecule has 1 aromatic heterocycles. The molecule has 130 valence electrons. The molecule has 0 bridgehead atoms. The first kappa shape index (κ1) is 18.0. The minimum atomic E-state index is -0.480. The van der Waals surface area contributed by atoms with Crippen molar-refractivity contribution in [3.63, 3.8) is 0 Å². The number of carbonyl (C=O) groups is 2. The molecular weight excluding hydrogens is 387 g/mol. The average molecular weight is 400 g/mol. The largest absolute Gasteiger partial charge is 0.294 e. The summed E-state index contributed by atoms with van der Waals surface area (Å²) in [6.45, 7) is 0.152. The molecule has 0 N–H and O–H groups in total. The van der Waals surface area contributed by atoms with E-state index in [-0.39, 0.29) is 33.5 Å². The number of tetrazole rings is 1. The molecule has 0 aliphatic heterocycles. The molecule has 0 atom stereocenters. The SMILES string of the molecule is O=C1CCCCC(Cl)=C1C(=O)c1ccc(Cl)c(Cn2ncnn2)c1Cl. The Hall–Kier alpha value is -1.76. The number of aromatic nitrogens is 4. The molecule has 2 aromatic rings. The summed E-state index contributed by atoms with van der Waals surface area (Å²) >= 11 is 18.8. The van der Waals surface area contributed by atoms with Gasteiger partial charge in [0.1, 0.15) is 0 Å². The lowest BCUT2D eigenvalue weighted by Gasteiger charge is -2.12. The number of halogens is 3. The van der Waals surface area contributed by atoms with Gasteiger partial charge >= 0.3 is 0 Å². The minimum Gasteiger partial charge on any atom is -0.294 e. The monoisotopic (exact) mass is 398 g/mol. The fraction of sp³-hybridized carbons (Fsp3) is 0.312. The van der Waals surface area contributed by atoms with Crippen LogP contribution in [0.15, 0.2) is 29.1 Å². The summed E-state index contributed by atoms with van der Waals surface area (Å²) in [6.07, 6.45) is 3.58. The van der Waals surface area contributed by atoms with Crippen LogP contribution in [-0.4, -0.2) is 31.8 Å². The normalized spacial score (nSPS) is 15.4. The first-order valence-corrected chi connectivity index (χ1v) is 8.76. The van der Waals surface area contributed by atoms with Gasteiger partial charge in [-0.2, -0.15) is 4.80 Å². The lowest BCUT2D eigenvalue weighted by Crippen LogP contribution is -2.15. The molecule has 1 aromatic carbocycles. The van der Waals surface area contributed by atoms with Gasteiger partial charge in [-0.15, -0.1) is 10.2 Å². The van der Waals surface area contributed by atoms with Crippen molar-refractivity contribution in [3.05, 3.63) is 50.2 Å². The van der Waals surface area contributed by atoms with Gasteiger partial charge in [-0.25, -0.2) is 0 Å². The fourth-order valence-corrected chi connectivity index (χ4v) is 3.57. The third kappa shape index (κ3) is 3.76. The highest BCUT2D eigenvalue weighted by Crippen LogP contribution is 2.33. The Morgan fingerprint density at radius 2 is 1.92 bits per heavy atom. The van der Waals surface area contributed by atoms with Gasteiger partial charge in [0.05, 0.1) is 17.1 Å². The van der Waals surface area contributed by atoms with Crippen LogP contribution in [0.4, 0.5) is 0 Å². The average Bonchev–Trinajstić information content (AvgIpc) is 3.02. The number of nitrogens with zero attached hydrogens (tertiary/aromatic N) is 4. The highest BCUT2D eigenvalue weighted by atomic mass is 35.5. The predicted octanol–water partition coefficient (Wildman–Crippen LogP) is 3.85. The highest BCUT2D eigenvalue weighted by molar-refractivity contribution is 6.43. The molecule has 1 aliphatic carbocycles. The number of hydrogen-bond donors (Lipinski definition) is 0. The zero-order chi connectivity index (χ0) is 18.0. The number of benzene rings is 1. The Labute approximate surface area is 158 Å². The van der Waals surface area contributed by atoms with E-state index in [4.69, 9.17) is 34.8 Å². The van der Waals surface area contributed by atoms with E-state index in [0.29, 0.717) is 29.8 Å². The summed E-state index contributed by atoms with van der Waals surface area (Å²) in [7, 11) is 0. The van der Waals surface area contributed by atoms with Gasteiger partial charge in [-0.05, 0) is 36.6 Å². The van der Waals surface area contributed by atoms with Gasteiger partial charge in [-0.3, -0.25) is 9.59 Å². The zero-order valence-corrected chi connectivity index (χ0v) is 15.3. The first-order chi connectivity index (χ1) is 12.0. The van der Waals surface area contributed by atoms with Crippen LogP contribution in [0.3, 0.4) is 0 Å². The van der Waals surface area contributed by atoms with Gasteiger partial charge in [-0.1, -0.05) is 34.8 Å². The second kappa shape index (κ2) is 7.64. The van der Waals surface area contributed by atoms with Crippen LogP contribution in [0.25, 0.3) is 0 Å². The molecule has 3 rings (SSSR count). The predicted molar refractivity (Wildman–Crippen MR) is 94.1 cm³/mol. The highest BCUT2D eigenvalue weighted by Gasteiger charge is 2.28. The van der Waals surface area contributed by atoms with Crippen LogP contribution in [0, 0.1) is 0 Å². The summed E-state index contributed by atoms with van der Waals surface area (Å²) in [5.41, 5.74) is 0.683. The Balaban J connectivity index is 2.02. The third-order valence-corrected chi connectivity index (χ3v) is 5.11. The van der Waals surface area contributed by atoms with E-state index in [2.05, 4.69) is 15.4 Å². The van der Waals surface area contributed by atoms with E-state index < -0.39 is 5.78 Å². The number of ketones is 2. The quantitative estimate of drug-likeness (QED) is 0.576. The molecule has 0 saturated carbocycles. The van der Waals surface area contributed by atoms with Gasteiger partial charge in [0.15, 0.2) is 17.9 Å². The second-order valence-corrected chi connectivity index (χ2v) is 6.83. The summed E-state index contributed by atoms with van der Waals surface area (Å²) in [5, 5.41) is 12.1. The molecule has 6 nitrogen and oxygen atoms in total. The standard InChI is InChI=1S/C16H13Cl3N4O2/c17-11-6-5-9(15(19)10(11)7-23-21-8-20-22-23)16(25)14-12(18)3-1-2-4-13(14)24/h5-6,8H,1-4,7H2. The topological polar surface area (TPSA) is 77.7 Å². The number of rotatable bonds is 4. The lowest BCUT2D eigenvalue weighted by molar-refractivity contribution is -0.115. The molecule has 0 unspecified atom stereocenters. The fourth-order valence-electron chi connectivity index (χ4n) is 2.67. The van der Waals surface area contributed by atoms with Gasteiger partial charge in [0.25, 0.3) is 0 Å². The van der Waals surface area contributed by atoms with Crippen molar-refractivity contribution in [2.24, 2.45) is 0 Å². The molecule has 0 saturated heterocycles. The van der Waals surface area contributed by atoms with Crippen molar-refractivity contribution in [2.75, 3.05) is 0 Å². The first-order valence-electron chi connectivity index (χ1n) is 7.63.